The first-order valence-corrected chi connectivity index (χ1v) is 8.96. The summed E-state index contributed by atoms with van der Waals surface area (Å²) < 4.78 is 5.76. The molecule has 3 rings (SSSR count). The van der Waals surface area contributed by atoms with Crippen LogP contribution in [0, 0.1) is 3.57 Å². The maximum Gasteiger partial charge on any atom is 0.281 e. The third-order valence-corrected chi connectivity index (χ3v) is 4.90. The molecule has 25 heavy (non-hydrogen) atoms. The van der Waals surface area contributed by atoms with Crippen molar-refractivity contribution < 1.29 is 14.6 Å². The van der Waals surface area contributed by atoms with E-state index in [2.05, 4.69) is 5.32 Å². The number of carbonyl (C=O) groups excluding carboxylic acids is 1. The van der Waals surface area contributed by atoms with Crippen LogP contribution in [0.3, 0.4) is 0 Å². The van der Waals surface area contributed by atoms with Gasteiger partial charge in [-0.25, -0.2) is 0 Å². The molecule has 2 aromatic rings. The van der Waals surface area contributed by atoms with Crippen molar-refractivity contribution in [1.29, 1.82) is 0 Å². The summed E-state index contributed by atoms with van der Waals surface area (Å²) in [5, 5.41) is 13.7. The highest BCUT2D eigenvalue weighted by molar-refractivity contribution is 14.1. The molecule has 1 aliphatic heterocycles. The number of benzene rings is 2. The Balaban J connectivity index is 1.95. The predicted molar refractivity (Wildman–Crippen MR) is 110 cm³/mol. The second-order valence-corrected chi connectivity index (χ2v) is 7.14. The standard InChI is InChI=1S/C17H12ClIN2O3S/c1-24-14-8-9(6-12(19)15(14)22)7-13-16(23)21(17(25)20-13)11-4-2-10(18)3-5-11/h2-8,22H,1H3,(H,20,25). The zero-order valence-electron chi connectivity index (χ0n) is 12.9. The van der Waals surface area contributed by atoms with Crippen molar-refractivity contribution in [2.75, 3.05) is 12.0 Å². The molecule has 0 saturated carbocycles. The number of hydrogen-bond acceptors (Lipinski definition) is 4. The van der Waals surface area contributed by atoms with Gasteiger partial charge in [0.25, 0.3) is 5.91 Å². The summed E-state index contributed by atoms with van der Waals surface area (Å²) in [6, 6.07) is 10.2. The van der Waals surface area contributed by atoms with E-state index in [1.165, 1.54) is 12.0 Å². The van der Waals surface area contributed by atoms with Crippen LogP contribution in [-0.2, 0) is 4.79 Å². The molecule has 8 heteroatoms. The summed E-state index contributed by atoms with van der Waals surface area (Å²) in [6.07, 6.45) is 1.66. The minimum atomic E-state index is -0.269. The molecule has 0 aliphatic carbocycles. The minimum absolute atomic E-state index is 0.0641. The monoisotopic (exact) mass is 486 g/mol. The smallest absolute Gasteiger partial charge is 0.281 e. The molecule has 0 aromatic heterocycles. The molecule has 1 heterocycles. The Morgan fingerprint density at radius 1 is 1.32 bits per heavy atom. The van der Waals surface area contributed by atoms with Crippen LogP contribution < -0.4 is 15.0 Å². The van der Waals surface area contributed by atoms with Crippen molar-refractivity contribution in [3.8, 4) is 11.5 Å². The molecule has 0 bridgehead atoms. The molecule has 2 aromatic carbocycles. The van der Waals surface area contributed by atoms with Gasteiger partial charge in [0.15, 0.2) is 16.6 Å². The van der Waals surface area contributed by atoms with Crippen LogP contribution in [0.2, 0.25) is 5.02 Å². The van der Waals surface area contributed by atoms with Crippen LogP contribution in [-0.4, -0.2) is 23.2 Å². The predicted octanol–water partition coefficient (Wildman–Crippen LogP) is 3.92. The van der Waals surface area contributed by atoms with Gasteiger partial charge in [-0.2, -0.15) is 0 Å². The van der Waals surface area contributed by atoms with Gasteiger partial charge in [-0.3, -0.25) is 9.69 Å². The van der Waals surface area contributed by atoms with Crippen molar-refractivity contribution in [2.24, 2.45) is 0 Å². The van der Waals surface area contributed by atoms with E-state index in [0.29, 0.717) is 36.4 Å². The summed E-state index contributed by atoms with van der Waals surface area (Å²) in [5.41, 5.74) is 1.67. The number of rotatable bonds is 3. The molecule has 1 aliphatic rings. The number of amides is 1. The summed E-state index contributed by atoms with van der Waals surface area (Å²) in [5.74, 6) is 0.130. The lowest BCUT2D eigenvalue weighted by molar-refractivity contribution is -0.113. The second kappa shape index (κ2) is 7.19. The van der Waals surface area contributed by atoms with Gasteiger partial charge in [0.1, 0.15) is 5.70 Å². The summed E-state index contributed by atoms with van der Waals surface area (Å²) in [6.45, 7) is 0. The highest BCUT2D eigenvalue weighted by atomic mass is 127. The lowest BCUT2D eigenvalue weighted by Crippen LogP contribution is -2.30. The van der Waals surface area contributed by atoms with Crippen LogP contribution in [0.15, 0.2) is 42.1 Å². The molecule has 5 nitrogen and oxygen atoms in total. The van der Waals surface area contributed by atoms with Gasteiger partial charge in [-0.15, -0.1) is 0 Å². The maximum absolute atomic E-state index is 12.7. The Morgan fingerprint density at radius 2 is 2.00 bits per heavy atom. The Morgan fingerprint density at radius 3 is 2.64 bits per heavy atom. The average molecular weight is 487 g/mol. The van der Waals surface area contributed by atoms with Gasteiger partial charge in [0.05, 0.1) is 16.4 Å². The van der Waals surface area contributed by atoms with Gasteiger partial charge in [0, 0.05) is 5.02 Å². The fourth-order valence-electron chi connectivity index (χ4n) is 2.36. The molecular formula is C17H12ClIN2O3S. The molecule has 0 radical (unpaired) electrons. The van der Waals surface area contributed by atoms with Gasteiger partial charge >= 0.3 is 0 Å². The molecule has 1 fully saturated rings. The lowest BCUT2D eigenvalue weighted by atomic mass is 10.1. The molecule has 128 valence electrons. The SMILES string of the molecule is COc1cc(C=C2NC(=S)N(c3ccc(Cl)cc3)C2=O)cc(I)c1O. The van der Waals surface area contributed by atoms with Crippen molar-refractivity contribution in [3.63, 3.8) is 0 Å². The van der Waals surface area contributed by atoms with Gasteiger partial charge < -0.3 is 15.2 Å². The third kappa shape index (κ3) is 3.58. The number of hydrogen-bond donors (Lipinski definition) is 2. The number of methoxy groups -OCH3 is 1. The fourth-order valence-corrected chi connectivity index (χ4v) is 3.41. The number of nitrogens with zero attached hydrogens (tertiary/aromatic N) is 1. The van der Waals surface area contributed by atoms with E-state index >= 15 is 0 Å². The Labute approximate surface area is 168 Å². The maximum atomic E-state index is 12.7. The zero-order valence-corrected chi connectivity index (χ0v) is 16.6. The highest BCUT2D eigenvalue weighted by Crippen LogP contribution is 2.33. The summed E-state index contributed by atoms with van der Waals surface area (Å²) >= 11 is 13.2. The quantitative estimate of drug-likeness (QED) is 0.391. The van der Waals surface area contributed by atoms with Crippen molar-refractivity contribution in [1.82, 2.24) is 5.32 Å². The van der Waals surface area contributed by atoms with Gasteiger partial charge in [-0.05, 0) is 82.8 Å². The zero-order chi connectivity index (χ0) is 18.1. The van der Waals surface area contributed by atoms with E-state index < -0.39 is 0 Å². The summed E-state index contributed by atoms with van der Waals surface area (Å²) in [7, 11) is 1.47. The van der Waals surface area contributed by atoms with Gasteiger partial charge in [0.2, 0.25) is 0 Å². The molecular weight excluding hydrogens is 475 g/mol. The number of phenolic OH excluding ortho intramolecular Hbond substituents is 1. The number of ether oxygens (including phenoxy) is 1. The first-order chi connectivity index (χ1) is 11.9. The van der Waals surface area contributed by atoms with Crippen LogP contribution in [0.1, 0.15) is 5.56 Å². The van der Waals surface area contributed by atoms with E-state index in [1.54, 1.807) is 42.5 Å². The average Bonchev–Trinajstić information content (AvgIpc) is 2.85. The summed E-state index contributed by atoms with van der Waals surface area (Å²) in [4.78, 5) is 14.1. The van der Waals surface area contributed by atoms with Crippen molar-refractivity contribution in [2.45, 2.75) is 0 Å². The minimum Gasteiger partial charge on any atom is -0.504 e. The Hall–Kier alpha value is -1.84. The largest absolute Gasteiger partial charge is 0.504 e. The molecule has 1 saturated heterocycles. The lowest BCUT2D eigenvalue weighted by Gasteiger charge is -2.13. The van der Waals surface area contributed by atoms with E-state index in [-0.39, 0.29) is 11.7 Å². The van der Waals surface area contributed by atoms with E-state index in [1.807, 2.05) is 22.6 Å². The van der Waals surface area contributed by atoms with Crippen LogP contribution in [0.4, 0.5) is 5.69 Å². The molecule has 2 N–H and O–H groups in total. The number of thiocarbonyl (C=S) groups is 1. The van der Waals surface area contributed by atoms with Crippen molar-refractivity contribution >= 4 is 69.2 Å². The van der Waals surface area contributed by atoms with Crippen molar-refractivity contribution in [3.05, 3.63) is 56.3 Å². The van der Waals surface area contributed by atoms with E-state index in [4.69, 9.17) is 28.6 Å². The highest BCUT2D eigenvalue weighted by Gasteiger charge is 2.32. The molecule has 0 spiro atoms. The van der Waals surface area contributed by atoms with Gasteiger partial charge in [-0.1, -0.05) is 11.6 Å². The normalized spacial score (nSPS) is 15.6. The number of anilines is 1. The number of carbonyl (C=O) groups is 1. The Bertz CT molecular complexity index is 900. The number of nitrogens with one attached hydrogen (secondary N) is 1. The Kier molecular flexibility index (Phi) is 5.16. The topological polar surface area (TPSA) is 61.8 Å². The van der Waals surface area contributed by atoms with Crippen LogP contribution >= 0.6 is 46.4 Å². The van der Waals surface area contributed by atoms with Crippen LogP contribution in [0.25, 0.3) is 6.08 Å². The first kappa shape index (κ1) is 18.0. The van der Waals surface area contributed by atoms with E-state index in [9.17, 15) is 9.90 Å². The first-order valence-electron chi connectivity index (χ1n) is 7.10. The second-order valence-electron chi connectivity index (χ2n) is 5.16. The number of phenols is 1. The fraction of sp³-hybridized carbons (Fsp3) is 0.0588. The molecule has 0 unspecified atom stereocenters. The molecule has 0 atom stereocenters. The molecule has 1 amide bonds. The van der Waals surface area contributed by atoms with Crippen LogP contribution in [0.5, 0.6) is 11.5 Å². The number of aromatic hydroxyl groups is 1. The number of halogens is 2. The van der Waals surface area contributed by atoms with E-state index in [0.717, 1.165) is 0 Å². The third-order valence-electron chi connectivity index (χ3n) is 3.54.